The number of amides is 4. The molecule has 4 amide bonds. The Balaban J connectivity index is 0.000000205. The third-order valence-corrected chi connectivity index (χ3v) is 11.4. The van der Waals surface area contributed by atoms with Gasteiger partial charge in [-0.25, -0.2) is 9.59 Å². The number of aromatic hydroxyl groups is 1. The molecule has 0 aromatic heterocycles. The van der Waals surface area contributed by atoms with E-state index in [0.717, 1.165) is 82.3 Å². The number of nitrogens with one attached hydrogen (secondary N) is 1. The van der Waals surface area contributed by atoms with Crippen LogP contribution < -0.4 is 5.32 Å². The standard InChI is InChI=1S/C22H31BrN2O4.C16H21N3O3/c1-15(13-16-6-7-20(26)18(23)14-16)21(27)24-11-8-17(9-12-24)25-10-4-3-5-19(25)22(28)29-2;1-22-16(21)18-9-7-13(8-10-18)19-11-6-12-4-2-3-5-14(12)17-15(19)20/h6-7,14-15,17,19,26H,3-5,8-13H2,1-2H3;2-5,13H,6-11H2,1H3,(H,17,20)/t15-,19+;/m1./s1. The lowest BCUT2D eigenvalue weighted by molar-refractivity contribution is -0.151. The first-order valence-corrected chi connectivity index (χ1v) is 19.0. The smallest absolute Gasteiger partial charge is 0.409 e. The molecule has 4 aliphatic heterocycles. The molecule has 12 nitrogen and oxygen atoms in total. The first-order valence-electron chi connectivity index (χ1n) is 18.2. The van der Waals surface area contributed by atoms with Crippen molar-refractivity contribution in [2.24, 2.45) is 5.92 Å². The Labute approximate surface area is 309 Å². The molecule has 0 spiro atoms. The Kier molecular flexibility index (Phi) is 13.6. The van der Waals surface area contributed by atoms with Crippen molar-refractivity contribution in [3.8, 4) is 5.75 Å². The number of likely N-dealkylation sites (tertiary alicyclic amines) is 3. The van der Waals surface area contributed by atoms with E-state index in [2.05, 4.69) is 32.2 Å². The molecular weight excluding hydrogens is 718 g/mol. The van der Waals surface area contributed by atoms with Gasteiger partial charge in [-0.05, 0) is 103 Å². The van der Waals surface area contributed by atoms with Crippen LogP contribution in [0.4, 0.5) is 15.3 Å². The van der Waals surface area contributed by atoms with Gasteiger partial charge in [0, 0.05) is 56.4 Å². The lowest BCUT2D eigenvalue weighted by Gasteiger charge is -2.43. The SMILES string of the molecule is COC(=O)N1CCC(N2CCc3ccccc3NC2=O)CC1.COC(=O)[C@@H]1CCCCN1C1CCN(C(=O)[C@H](C)Cc2ccc(O)c(Br)c2)CC1. The largest absolute Gasteiger partial charge is 0.507 e. The van der Waals surface area contributed by atoms with Crippen molar-refractivity contribution >= 4 is 45.6 Å². The molecule has 3 saturated heterocycles. The van der Waals surface area contributed by atoms with Crippen molar-refractivity contribution in [2.45, 2.75) is 82.8 Å². The van der Waals surface area contributed by atoms with E-state index in [9.17, 15) is 24.3 Å². The number of hydrogen-bond donors (Lipinski definition) is 2. The van der Waals surface area contributed by atoms with Gasteiger partial charge in [0.25, 0.3) is 0 Å². The summed E-state index contributed by atoms with van der Waals surface area (Å²) in [5.41, 5.74) is 3.10. The fourth-order valence-electron chi connectivity index (χ4n) is 7.86. The normalized spacial score (nSPS) is 21.0. The van der Waals surface area contributed by atoms with E-state index >= 15 is 0 Å². The number of phenolic OH excluding ortho intramolecular Hbond substituents is 1. The number of piperidine rings is 3. The van der Waals surface area contributed by atoms with Crippen LogP contribution in [0.1, 0.15) is 63.0 Å². The van der Waals surface area contributed by atoms with Crippen LogP contribution >= 0.6 is 15.9 Å². The molecule has 3 fully saturated rings. The summed E-state index contributed by atoms with van der Waals surface area (Å²) in [5.74, 6) is 0.145. The summed E-state index contributed by atoms with van der Waals surface area (Å²) in [7, 11) is 2.86. The fraction of sp³-hybridized carbons (Fsp3) is 0.579. The van der Waals surface area contributed by atoms with Crippen LogP contribution in [0.5, 0.6) is 5.75 Å². The highest BCUT2D eigenvalue weighted by Crippen LogP contribution is 2.29. The second-order valence-electron chi connectivity index (χ2n) is 13.9. The monoisotopic (exact) mass is 769 g/mol. The third kappa shape index (κ3) is 9.73. The van der Waals surface area contributed by atoms with Crippen molar-refractivity contribution in [2.75, 3.05) is 58.8 Å². The number of para-hydroxylation sites is 1. The van der Waals surface area contributed by atoms with Gasteiger partial charge < -0.3 is 34.6 Å². The zero-order valence-electron chi connectivity index (χ0n) is 30.0. The number of urea groups is 1. The highest BCUT2D eigenvalue weighted by atomic mass is 79.9. The summed E-state index contributed by atoms with van der Waals surface area (Å²) in [4.78, 5) is 57.0. The lowest BCUT2D eigenvalue weighted by Crippen LogP contribution is -2.54. The Bertz CT molecular complexity index is 1530. The van der Waals surface area contributed by atoms with Gasteiger partial charge in [-0.15, -0.1) is 0 Å². The van der Waals surface area contributed by atoms with Gasteiger partial charge >= 0.3 is 18.1 Å². The van der Waals surface area contributed by atoms with Gasteiger partial charge in [0.15, 0.2) is 0 Å². The summed E-state index contributed by atoms with van der Waals surface area (Å²) in [6, 6.07) is 13.7. The minimum absolute atomic E-state index is 0.0403. The summed E-state index contributed by atoms with van der Waals surface area (Å²) >= 11 is 3.33. The van der Waals surface area contributed by atoms with Gasteiger partial charge in [0.1, 0.15) is 11.8 Å². The lowest BCUT2D eigenvalue weighted by atomic mass is 9.93. The van der Waals surface area contributed by atoms with E-state index in [1.54, 1.807) is 11.0 Å². The quantitative estimate of drug-likeness (QED) is 0.360. The number of fused-ring (bicyclic) bond motifs is 1. The summed E-state index contributed by atoms with van der Waals surface area (Å²) in [6.45, 7) is 6.35. The Hall–Kier alpha value is -3.84. The minimum Gasteiger partial charge on any atom is -0.507 e. The molecule has 0 aliphatic carbocycles. The first-order chi connectivity index (χ1) is 24.6. The van der Waals surface area contributed by atoms with Gasteiger partial charge in [0.2, 0.25) is 5.91 Å². The molecule has 2 aromatic rings. The number of phenols is 1. The van der Waals surface area contributed by atoms with Crippen LogP contribution in [-0.2, 0) is 31.9 Å². The van der Waals surface area contributed by atoms with Crippen LogP contribution in [0.3, 0.4) is 0 Å². The molecule has 13 heteroatoms. The number of rotatable bonds is 6. The summed E-state index contributed by atoms with van der Waals surface area (Å²) < 4.78 is 10.4. The average molecular weight is 771 g/mol. The van der Waals surface area contributed by atoms with Gasteiger partial charge in [0.05, 0.1) is 18.7 Å². The van der Waals surface area contributed by atoms with Crippen LogP contribution in [0.15, 0.2) is 46.9 Å². The zero-order valence-corrected chi connectivity index (χ0v) is 31.6. The molecule has 0 unspecified atom stereocenters. The molecular formula is C38H52BrN5O7. The number of benzene rings is 2. The second kappa shape index (κ2) is 18.1. The third-order valence-electron chi connectivity index (χ3n) is 10.7. The van der Waals surface area contributed by atoms with E-state index in [-0.39, 0.29) is 47.8 Å². The number of esters is 1. The maximum Gasteiger partial charge on any atom is 0.409 e. The fourth-order valence-corrected chi connectivity index (χ4v) is 8.28. The minimum atomic E-state index is -0.286. The predicted octanol–water partition coefficient (Wildman–Crippen LogP) is 5.66. The van der Waals surface area contributed by atoms with Crippen LogP contribution in [0.2, 0.25) is 0 Å². The number of hydrogen-bond acceptors (Lipinski definition) is 8. The predicted molar refractivity (Wildman–Crippen MR) is 198 cm³/mol. The zero-order chi connectivity index (χ0) is 36.5. The van der Waals surface area contributed by atoms with Crippen LogP contribution in [-0.4, -0.2) is 120 Å². The second-order valence-corrected chi connectivity index (χ2v) is 14.8. The maximum absolute atomic E-state index is 12.9. The van der Waals surface area contributed by atoms with E-state index in [0.29, 0.717) is 36.6 Å². The summed E-state index contributed by atoms with van der Waals surface area (Å²) in [5, 5.41) is 12.6. The topological polar surface area (TPSA) is 132 Å². The Morgan fingerprint density at radius 3 is 2.25 bits per heavy atom. The Morgan fingerprint density at radius 2 is 1.57 bits per heavy atom. The molecule has 2 N–H and O–H groups in total. The highest BCUT2D eigenvalue weighted by molar-refractivity contribution is 9.10. The number of carbonyl (C=O) groups excluding carboxylic acids is 4. The van der Waals surface area contributed by atoms with E-state index in [4.69, 9.17) is 9.47 Å². The molecule has 2 aromatic carbocycles. The first kappa shape index (κ1) is 38.4. The number of nitrogens with zero attached hydrogens (tertiary/aromatic N) is 4. The molecule has 6 rings (SSSR count). The molecule has 4 heterocycles. The van der Waals surface area contributed by atoms with Crippen LogP contribution in [0, 0.1) is 5.92 Å². The number of carbonyl (C=O) groups is 4. The molecule has 4 aliphatic rings. The molecule has 278 valence electrons. The highest BCUT2D eigenvalue weighted by Gasteiger charge is 2.37. The van der Waals surface area contributed by atoms with Crippen LogP contribution in [0.25, 0.3) is 0 Å². The molecule has 51 heavy (non-hydrogen) atoms. The van der Waals surface area contributed by atoms with E-state index in [1.165, 1.54) is 19.8 Å². The molecule has 0 radical (unpaired) electrons. The number of ether oxygens (including phenoxy) is 2. The van der Waals surface area contributed by atoms with Gasteiger partial charge in [-0.3, -0.25) is 14.5 Å². The Morgan fingerprint density at radius 1 is 0.882 bits per heavy atom. The number of halogens is 1. The molecule has 2 atom stereocenters. The average Bonchev–Trinajstić information content (AvgIpc) is 3.33. The molecule has 0 bridgehead atoms. The van der Waals surface area contributed by atoms with Gasteiger partial charge in [-0.1, -0.05) is 37.6 Å². The van der Waals surface area contributed by atoms with Crippen molar-refractivity contribution in [1.82, 2.24) is 19.6 Å². The van der Waals surface area contributed by atoms with Crippen molar-refractivity contribution in [1.29, 1.82) is 0 Å². The van der Waals surface area contributed by atoms with Crippen molar-refractivity contribution < 1.29 is 33.8 Å². The van der Waals surface area contributed by atoms with Crippen molar-refractivity contribution in [3.05, 3.63) is 58.1 Å². The number of anilines is 1. The van der Waals surface area contributed by atoms with E-state index < -0.39 is 0 Å². The van der Waals surface area contributed by atoms with E-state index in [1.807, 2.05) is 47.1 Å². The number of methoxy groups -OCH3 is 2. The van der Waals surface area contributed by atoms with Gasteiger partial charge in [-0.2, -0.15) is 0 Å². The summed E-state index contributed by atoms with van der Waals surface area (Å²) in [6.07, 6.45) is 7.65. The maximum atomic E-state index is 12.9. The molecule has 0 saturated carbocycles. The van der Waals surface area contributed by atoms with Crippen molar-refractivity contribution in [3.63, 3.8) is 0 Å².